The minimum Gasteiger partial charge on any atom is -0.386 e. The second-order valence-electron chi connectivity index (χ2n) is 9.57. The summed E-state index contributed by atoms with van der Waals surface area (Å²) < 4.78 is 0. The van der Waals surface area contributed by atoms with Gasteiger partial charge in [0.15, 0.2) is 5.78 Å². The fourth-order valence-electron chi connectivity index (χ4n) is 3.76. The lowest BCUT2D eigenvalue weighted by atomic mass is 9.99. The van der Waals surface area contributed by atoms with Gasteiger partial charge in [-0.1, -0.05) is 54.6 Å². The highest BCUT2D eigenvalue weighted by molar-refractivity contribution is 6.08. The van der Waals surface area contributed by atoms with Crippen LogP contribution in [0, 0.1) is 0 Å². The first kappa shape index (κ1) is 31.5. The van der Waals surface area contributed by atoms with E-state index >= 15 is 0 Å². The number of hydrogen-bond donors (Lipinski definition) is 6. The van der Waals surface area contributed by atoms with Crippen molar-refractivity contribution in [3.8, 4) is 0 Å². The van der Waals surface area contributed by atoms with Crippen molar-refractivity contribution >= 4 is 29.4 Å². The van der Waals surface area contributed by atoms with Gasteiger partial charge < -0.3 is 32.7 Å². The number of nitrogens with two attached hydrogens (primary N) is 2. The highest BCUT2D eigenvalue weighted by atomic mass is 16.2. The third-order valence-electron chi connectivity index (χ3n) is 6.01. The van der Waals surface area contributed by atoms with Gasteiger partial charge in [-0.05, 0) is 37.8 Å². The molecule has 214 valence electrons. The molecule has 2 aromatic carbocycles. The molecule has 0 aliphatic heterocycles. The Balaban J connectivity index is 1.90. The fraction of sp³-hybridized carbons (Fsp3) is 0.345. The van der Waals surface area contributed by atoms with E-state index in [1.165, 1.54) is 6.92 Å². The molecule has 0 aromatic heterocycles. The highest BCUT2D eigenvalue weighted by Crippen LogP contribution is 2.12. The second kappa shape index (κ2) is 15.7. The lowest BCUT2D eigenvalue weighted by Gasteiger charge is -2.19. The Morgan fingerprint density at radius 3 is 1.98 bits per heavy atom. The standard InChI is InChI=1S/C29H38N6O5/c1-18(2)27(30)32-15-7-10-23(34-19(3)36)29(40)33-17-25(37)35-24(28(31)39)16-20-11-13-22(14-12-20)26(38)21-8-5-4-6-9-21/h4-6,8-9,11-14,23-24,32H,7,10,15-17,30H2,1-3H3,(H2,31,39)(H,33,40)(H,34,36)(H,35,37)/t23-,24-/m0/s1. The minimum absolute atomic E-state index is 0.102. The summed E-state index contributed by atoms with van der Waals surface area (Å²) in [6.45, 7) is 5.13. The van der Waals surface area contributed by atoms with Crippen LogP contribution in [0.5, 0.6) is 0 Å². The van der Waals surface area contributed by atoms with Crippen molar-refractivity contribution in [1.29, 1.82) is 0 Å². The van der Waals surface area contributed by atoms with Crippen LogP contribution in [0.3, 0.4) is 0 Å². The summed E-state index contributed by atoms with van der Waals surface area (Å²) in [5.41, 5.74) is 14.0. The molecule has 0 aliphatic rings. The number of nitrogens with one attached hydrogen (secondary N) is 4. The molecule has 0 spiro atoms. The molecule has 2 aromatic rings. The summed E-state index contributed by atoms with van der Waals surface area (Å²) in [5.74, 6) is -1.86. The first-order chi connectivity index (χ1) is 19.0. The third-order valence-corrected chi connectivity index (χ3v) is 6.01. The van der Waals surface area contributed by atoms with Gasteiger partial charge in [0.25, 0.3) is 0 Å². The summed E-state index contributed by atoms with van der Waals surface area (Å²) in [6.07, 6.45) is 0.964. The molecule has 2 rings (SSSR count). The molecule has 0 unspecified atom stereocenters. The van der Waals surface area contributed by atoms with E-state index in [0.717, 1.165) is 5.57 Å². The predicted octanol–water partition coefficient (Wildman–Crippen LogP) is 0.631. The average Bonchev–Trinajstić information content (AvgIpc) is 2.93. The maximum absolute atomic E-state index is 12.6. The van der Waals surface area contributed by atoms with E-state index in [1.807, 2.05) is 19.9 Å². The molecule has 11 heteroatoms. The number of amides is 4. The van der Waals surface area contributed by atoms with Crippen LogP contribution in [0.2, 0.25) is 0 Å². The maximum atomic E-state index is 12.6. The summed E-state index contributed by atoms with van der Waals surface area (Å²) in [5, 5.41) is 10.6. The third kappa shape index (κ3) is 10.6. The van der Waals surface area contributed by atoms with Gasteiger partial charge in [0.1, 0.15) is 12.1 Å². The summed E-state index contributed by atoms with van der Waals surface area (Å²) in [4.78, 5) is 61.3. The van der Waals surface area contributed by atoms with Crippen LogP contribution in [0.25, 0.3) is 0 Å². The van der Waals surface area contributed by atoms with E-state index in [9.17, 15) is 24.0 Å². The average molecular weight is 551 g/mol. The highest BCUT2D eigenvalue weighted by Gasteiger charge is 2.22. The van der Waals surface area contributed by atoms with E-state index in [1.54, 1.807) is 48.5 Å². The molecule has 0 heterocycles. The molecule has 8 N–H and O–H groups in total. The first-order valence-corrected chi connectivity index (χ1v) is 13.0. The fourth-order valence-corrected chi connectivity index (χ4v) is 3.76. The lowest BCUT2D eigenvalue weighted by Crippen LogP contribution is -2.52. The first-order valence-electron chi connectivity index (χ1n) is 13.0. The maximum Gasteiger partial charge on any atom is 0.243 e. The number of primary amides is 1. The van der Waals surface area contributed by atoms with Gasteiger partial charge in [-0.15, -0.1) is 0 Å². The number of benzene rings is 2. The van der Waals surface area contributed by atoms with Crippen molar-refractivity contribution in [2.75, 3.05) is 13.1 Å². The van der Waals surface area contributed by atoms with E-state index in [4.69, 9.17) is 11.5 Å². The largest absolute Gasteiger partial charge is 0.386 e. The molecule has 0 radical (unpaired) electrons. The smallest absolute Gasteiger partial charge is 0.243 e. The van der Waals surface area contributed by atoms with Gasteiger partial charge in [0.2, 0.25) is 23.6 Å². The van der Waals surface area contributed by atoms with E-state index in [0.29, 0.717) is 41.9 Å². The molecule has 0 bridgehead atoms. The summed E-state index contributed by atoms with van der Waals surface area (Å²) >= 11 is 0. The number of ketones is 1. The zero-order valence-corrected chi connectivity index (χ0v) is 23.1. The molecule has 0 saturated heterocycles. The summed E-state index contributed by atoms with van der Waals surface area (Å²) in [7, 11) is 0. The Labute approximate surface area is 234 Å². The van der Waals surface area contributed by atoms with E-state index < -0.39 is 36.3 Å². The van der Waals surface area contributed by atoms with Crippen molar-refractivity contribution < 1.29 is 24.0 Å². The molecule has 2 atom stereocenters. The molecule has 0 saturated carbocycles. The summed E-state index contributed by atoms with van der Waals surface area (Å²) in [6, 6.07) is 13.7. The van der Waals surface area contributed by atoms with Gasteiger partial charge in [-0.2, -0.15) is 0 Å². The van der Waals surface area contributed by atoms with Crippen LogP contribution in [-0.2, 0) is 25.6 Å². The molecule has 0 fully saturated rings. The Morgan fingerprint density at radius 2 is 1.40 bits per heavy atom. The second-order valence-corrected chi connectivity index (χ2v) is 9.57. The Morgan fingerprint density at radius 1 is 0.775 bits per heavy atom. The molecule has 0 aliphatic carbocycles. The molecular weight excluding hydrogens is 512 g/mol. The van der Waals surface area contributed by atoms with E-state index in [2.05, 4.69) is 21.3 Å². The van der Waals surface area contributed by atoms with Crippen molar-refractivity contribution in [2.24, 2.45) is 11.5 Å². The molecular formula is C29H38N6O5. The lowest BCUT2D eigenvalue weighted by molar-refractivity contribution is -0.130. The monoisotopic (exact) mass is 550 g/mol. The van der Waals surface area contributed by atoms with Gasteiger partial charge in [0, 0.05) is 31.0 Å². The number of allylic oxidation sites excluding steroid dienone is 1. The van der Waals surface area contributed by atoms with Crippen LogP contribution in [0.15, 0.2) is 66.0 Å². The number of hydrogen-bond acceptors (Lipinski definition) is 7. The minimum atomic E-state index is -1.03. The normalized spacial score (nSPS) is 11.9. The molecule has 4 amide bonds. The van der Waals surface area contributed by atoms with Crippen molar-refractivity contribution in [1.82, 2.24) is 21.3 Å². The van der Waals surface area contributed by atoms with E-state index in [-0.39, 0.29) is 18.1 Å². The van der Waals surface area contributed by atoms with Gasteiger partial charge in [-0.3, -0.25) is 24.0 Å². The Bertz CT molecular complexity index is 1220. The van der Waals surface area contributed by atoms with Crippen LogP contribution in [0.1, 0.15) is 55.1 Å². The Hall–Kier alpha value is -4.67. The number of carbonyl (C=O) groups excluding carboxylic acids is 5. The Kier molecular flexibility index (Phi) is 12.4. The van der Waals surface area contributed by atoms with Crippen LogP contribution in [0.4, 0.5) is 0 Å². The van der Waals surface area contributed by atoms with Crippen LogP contribution >= 0.6 is 0 Å². The quantitative estimate of drug-likeness (QED) is 0.139. The molecule has 40 heavy (non-hydrogen) atoms. The van der Waals surface area contributed by atoms with Crippen LogP contribution < -0.4 is 32.7 Å². The van der Waals surface area contributed by atoms with Crippen molar-refractivity contribution in [2.45, 2.75) is 52.1 Å². The van der Waals surface area contributed by atoms with Gasteiger partial charge in [-0.25, -0.2) is 0 Å². The van der Waals surface area contributed by atoms with Crippen molar-refractivity contribution in [3.05, 3.63) is 82.7 Å². The molecule has 11 nitrogen and oxygen atoms in total. The zero-order valence-electron chi connectivity index (χ0n) is 23.1. The zero-order chi connectivity index (χ0) is 29.7. The number of carbonyl (C=O) groups is 5. The van der Waals surface area contributed by atoms with Crippen molar-refractivity contribution in [3.63, 3.8) is 0 Å². The number of rotatable bonds is 15. The topological polar surface area (TPSA) is 186 Å². The van der Waals surface area contributed by atoms with Gasteiger partial charge >= 0.3 is 0 Å². The van der Waals surface area contributed by atoms with Gasteiger partial charge in [0.05, 0.1) is 12.4 Å². The SMILES string of the molecule is CC(=O)N[C@@H](CCCNC(N)=C(C)C)C(=O)NCC(=O)N[C@@H](Cc1ccc(C(=O)c2ccccc2)cc1)C(N)=O. The predicted molar refractivity (Wildman–Crippen MR) is 152 cm³/mol. The van der Waals surface area contributed by atoms with Crippen LogP contribution in [-0.4, -0.2) is 54.6 Å².